The highest BCUT2D eigenvalue weighted by atomic mass is 35.5. The molecule has 0 fully saturated rings. The molecule has 0 aliphatic heterocycles. The maximum atomic E-state index is 9.66. The van der Waals surface area contributed by atoms with E-state index in [0.29, 0.717) is 10.0 Å². The first-order chi connectivity index (χ1) is 9.61. The summed E-state index contributed by atoms with van der Waals surface area (Å²) >= 11 is 12.0. The Balaban J connectivity index is 2.30. The van der Waals surface area contributed by atoms with Crippen LogP contribution in [0.25, 0.3) is 16.9 Å². The monoisotopic (exact) mass is 306 g/mol. The van der Waals surface area contributed by atoms with Crippen LogP contribution in [0, 0.1) is 6.92 Å². The van der Waals surface area contributed by atoms with Gasteiger partial charge in [-0.15, -0.1) is 0 Å². The third-order valence-electron chi connectivity index (χ3n) is 3.29. The molecular formula is C15H12Cl2N2O. The lowest BCUT2D eigenvalue weighted by Crippen LogP contribution is -1.94. The molecule has 0 bridgehead atoms. The van der Waals surface area contributed by atoms with Crippen molar-refractivity contribution in [3.05, 3.63) is 57.8 Å². The van der Waals surface area contributed by atoms with Gasteiger partial charge in [0, 0.05) is 11.8 Å². The molecule has 0 radical (unpaired) electrons. The van der Waals surface area contributed by atoms with Gasteiger partial charge in [0.15, 0.2) is 0 Å². The van der Waals surface area contributed by atoms with E-state index in [4.69, 9.17) is 23.2 Å². The number of hydrogen-bond donors (Lipinski definition) is 1. The van der Waals surface area contributed by atoms with Crippen LogP contribution in [0.15, 0.2) is 36.5 Å². The van der Waals surface area contributed by atoms with Crippen molar-refractivity contribution in [3.63, 3.8) is 0 Å². The minimum atomic E-state index is -0.0970. The van der Waals surface area contributed by atoms with Gasteiger partial charge < -0.3 is 9.51 Å². The topological polar surface area (TPSA) is 37.5 Å². The van der Waals surface area contributed by atoms with Gasteiger partial charge in [0.25, 0.3) is 0 Å². The van der Waals surface area contributed by atoms with Gasteiger partial charge in [0.1, 0.15) is 5.65 Å². The predicted molar refractivity (Wildman–Crippen MR) is 81.3 cm³/mol. The standard InChI is InChI=1S/C15H12Cl2N2O/c1-9-3-2-6-19-13(8-20)14(18-15(9)19)10-4-5-11(16)12(17)7-10/h2-7,20H,8H2,1H3. The molecule has 3 aromatic rings. The minimum Gasteiger partial charge on any atom is -0.390 e. The Morgan fingerprint density at radius 1 is 1.20 bits per heavy atom. The number of aliphatic hydroxyl groups excluding tert-OH is 1. The Kier molecular flexibility index (Phi) is 3.42. The number of imidazole rings is 1. The zero-order chi connectivity index (χ0) is 14.3. The highest BCUT2D eigenvalue weighted by Gasteiger charge is 2.15. The summed E-state index contributed by atoms with van der Waals surface area (Å²) in [4.78, 5) is 4.63. The fourth-order valence-corrected chi connectivity index (χ4v) is 2.58. The third kappa shape index (κ3) is 2.08. The van der Waals surface area contributed by atoms with Crippen molar-refractivity contribution in [1.29, 1.82) is 0 Å². The summed E-state index contributed by atoms with van der Waals surface area (Å²) in [6.07, 6.45) is 1.89. The van der Waals surface area contributed by atoms with Crippen LogP contribution in [0.4, 0.5) is 0 Å². The van der Waals surface area contributed by atoms with Crippen molar-refractivity contribution in [3.8, 4) is 11.3 Å². The van der Waals surface area contributed by atoms with Crippen LogP contribution < -0.4 is 0 Å². The van der Waals surface area contributed by atoms with Crippen LogP contribution in [0.1, 0.15) is 11.3 Å². The molecule has 0 amide bonds. The molecule has 3 nitrogen and oxygen atoms in total. The molecule has 5 heteroatoms. The SMILES string of the molecule is Cc1cccn2c(CO)c(-c3ccc(Cl)c(Cl)c3)nc12. The largest absolute Gasteiger partial charge is 0.390 e. The highest BCUT2D eigenvalue weighted by Crippen LogP contribution is 2.31. The number of fused-ring (bicyclic) bond motifs is 1. The molecule has 1 aromatic carbocycles. The molecule has 20 heavy (non-hydrogen) atoms. The number of pyridine rings is 1. The molecule has 0 aliphatic rings. The third-order valence-corrected chi connectivity index (χ3v) is 4.03. The summed E-state index contributed by atoms with van der Waals surface area (Å²) in [7, 11) is 0. The molecular weight excluding hydrogens is 295 g/mol. The van der Waals surface area contributed by atoms with Crippen molar-refractivity contribution < 1.29 is 5.11 Å². The molecule has 2 heterocycles. The van der Waals surface area contributed by atoms with Gasteiger partial charge in [-0.1, -0.05) is 35.3 Å². The zero-order valence-electron chi connectivity index (χ0n) is 10.8. The van der Waals surface area contributed by atoms with E-state index in [1.54, 1.807) is 12.1 Å². The second-order valence-corrected chi connectivity index (χ2v) is 5.39. The number of hydrogen-bond acceptors (Lipinski definition) is 2. The molecule has 0 atom stereocenters. The maximum Gasteiger partial charge on any atom is 0.140 e. The van der Waals surface area contributed by atoms with Crippen LogP contribution in [0.2, 0.25) is 10.0 Å². The van der Waals surface area contributed by atoms with Gasteiger partial charge >= 0.3 is 0 Å². The lowest BCUT2D eigenvalue weighted by atomic mass is 10.1. The predicted octanol–water partition coefficient (Wildman–Crippen LogP) is 4.11. The van der Waals surface area contributed by atoms with Crippen LogP contribution >= 0.6 is 23.2 Å². The van der Waals surface area contributed by atoms with Crippen LogP contribution in [-0.4, -0.2) is 14.5 Å². The second kappa shape index (κ2) is 5.09. The van der Waals surface area contributed by atoms with Gasteiger partial charge in [-0.05, 0) is 30.7 Å². The minimum absolute atomic E-state index is 0.0970. The number of halogens is 2. The normalized spacial score (nSPS) is 11.2. The van der Waals surface area contributed by atoms with E-state index in [0.717, 1.165) is 28.2 Å². The molecule has 2 aromatic heterocycles. The molecule has 1 N–H and O–H groups in total. The van der Waals surface area contributed by atoms with E-state index in [1.165, 1.54) is 0 Å². The number of rotatable bonds is 2. The Bertz CT molecular complexity index is 796. The van der Waals surface area contributed by atoms with Gasteiger partial charge in [-0.3, -0.25) is 0 Å². The first-order valence-corrected chi connectivity index (χ1v) is 6.90. The lowest BCUT2D eigenvalue weighted by molar-refractivity contribution is 0.276. The van der Waals surface area contributed by atoms with Gasteiger partial charge in [-0.2, -0.15) is 0 Å². The Hall–Kier alpha value is -1.55. The second-order valence-electron chi connectivity index (χ2n) is 4.58. The zero-order valence-corrected chi connectivity index (χ0v) is 12.3. The van der Waals surface area contributed by atoms with E-state index in [1.807, 2.05) is 35.7 Å². The van der Waals surface area contributed by atoms with Gasteiger partial charge in [0.2, 0.25) is 0 Å². The average molecular weight is 307 g/mol. The summed E-state index contributed by atoms with van der Waals surface area (Å²) in [5.41, 5.74) is 4.18. The summed E-state index contributed by atoms with van der Waals surface area (Å²) < 4.78 is 1.90. The molecule has 0 saturated heterocycles. The van der Waals surface area contributed by atoms with Crippen molar-refractivity contribution >= 4 is 28.8 Å². The summed E-state index contributed by atoms with van der Waals surface area (Å²) in [5, 5.41) is 10.6. The quantitative estimate of drug-likeness (QED) is 0.773. The Morgan fingerprint density at radius 2 is 2.00 bits per heavy atom. The summed E-state index contributed by atoms with van der Waals surface area (Å²) in [5.74, 6) is 0. The molecule has 102 valence electrons. The van der Waals surface area contributed by atoms with Crippen LogP contribution in [-0.2, 0) is 6.61 Å². The molecule has 0 saturated carbocycles. The van der Waals surface area contributed by atoms with E-state index >= 15 is 0 Å². The van der Waals surface area contributed by atoms with E-state index in [9.17, 15) is 5.11 Å². The van der Waals surface area contributed by atoms with Crippen molar-refractivity contribution in [1.82, 2.24) is 9.38 Å². The smallest absolute Gasteiger partial charge is 0.140 e. The lowest BCUT2D eigenvalue weighted by Gasteiger charge is -2.03. The van der Waals surface area contributed by atoms with E-state index in [2.05, 4.69) is 4.98 Å². The Morgan fingerprint density at radius 3 is 2.70 bits per heavy atom. The van der Waals surface area contributed by atoms with Crippen LogP contribution in [0.5, 0.6) is 0 Å². The molecule has 0 spiro atoms. The fraction of sp³-hybridized carbons (Fsp3) is 0.133. The van der Waals surface area contributed by atoms with Gasteiger partial charge in [-0.25, -0.2) is 4.98 Å². The number of aliphatic hydroxyl groups is 1. The molecule has 3 rings (SSSR count). The van der Waals surface area contributed by atoms with E-state index in [-0.39, 0.29) is 6.61 Å². The molecule has 0 unspecified atom stereocenters. The first kappa shape index (κ1) is 13.4. The number of benzene rings is 1. The number of aryl methyl sites for hydroxylation is 1. The fourth-order valence-electron chi connectivity index (χ4n) is 2.28. The van der Waals surface area contributed by atoms with Crippen molar-refractivity contribution in [2.45, 2.75) is 13.5 Å². The number of nitrogens with zero attached hydrogens (tertiary/aromatic N) is 2. The van der Waals surface area contributed by atoms with Crippen molar-refractivity contribution in [2.24, 2.45) is 0 Å². The van der Waals surface area contributed by atoms with E-state index < -0.39 is 0 Å². The maximum absolute atomic E-state index is 9.66. The van der Waals surface area contributed by atoms with Gasteiger partial charge in [0.05, 0.1) is 28.0 Å². The van der Waals surface area contributed by atoms with Crippen LogP contribution in [0.3, 0.4) is 0 Å². The van der Waals surface area contributed by atoms with Crippen molar-refractivity contribution in [2.75, 3.05) is 0 Å². The highest BCUT2D eigenvalue weighted by molar-refractivity contribution is 6.42. The first-order valence-electron chi connectivity index (χ1n) is 6.14. The summed E-state index contributed by atoms with van der Waals surface area (Å²) in [6, 6.07) is 9.27. The molecule has 0 aliphatic carbocycles. The number of aromatic nitrogens is 2. The Labute approximate surface area is 126 Å². The average Bonchev–Trinajstić information content (AvgIpc) is 2.82. The summed E-state index contributed by atoms with van der Waals surface area (Å²) in [6.45, 7) is 1.89.